The standard InChI is InChI=1S/C17H19ClN4OS2/c1-10-14(11-6-8-22(10)9-7-11)19-15(23)12-2-4-13(5-3-12)24-17-21-20-16(18)25-17/h2-5,10-11,14H,6-9H2,1H3,(H,19,23). The Balaban J connectivity index is 1.40. The van der Waals surface area contributed by atoms with Gasteiger partial charge in [0, 0.05) is 22.5 Å². The van der Waals surface area contributed by atoms with Crippen molar-refractivity contribution < 1.29 is 4.79 Å². The Kier molecular flexibility index (Phi) is 4.99. The van der Waals surface area contributed by atoms with Gasteiger partial charge in [-0.25, -0.2) is 0 Å². The van der Waals surface area contributed by atoms with E-state index in [2.05, 4.69) is 27.3 Å². The molecule has 1 amide bonds. The highest BCUT2D eigenvalue weighted by molar-refractivity contribution is 8.01. The SMILES string of the molecule is CC1C(NC(=O)c2ccc(Sc3nnc(Cl)s3)cc2)C2CCN1CC2. The van der Waals surface area contributed by atoms with E-state index in [0.29, 0.717) is 22.0 Å². The van der Waals surface area contributed by atoms with Crippen LogP contribution in [0.25, 0.3) is 0 Å². The summed E-state index contributed by atoms with van der Waals surface area (Å²) in [5, 5.41) is 11.0. The van der Waals surface area contributed by atoms with Crippen LogP contribution in [0.15, 0.2) is 33.5 Å². The zero-order valence-corrected chi connectivity index (χ0v) is 16.2. The predicted molar refractivity (Wildman–Crippen MR) is 100 cm³/mol. The molecule has 0 spiro atoms. The molecule has 0 radical (unpaired) electrons. The first-order valence-electron chi connectivity index (χ1n) is 8.42. The van der Waals surface area contributed by atoms with Crippen molar-refractivity contribution in [1.29, 1.82) is 0 Å². The topological polar surface area (TPSA) is 58.1 Å². The van der Waals surface area contributed by atoms with Gasteiger partial charge in [-0.05, 0) is 74.6 Å². The van der Waals surface area contributed by atoms with Crippen LogP contribution in [0.1, 0.15) is 30.1 Å². The van der Waals surface area contributed by atoms with Gasteiger partial charge in [-0.2, -0.15) is 0 Å². The normalized spacial score (nSPS) is 28.1. The lowest BCUT2D eigenvalue weighted by molar-refractivity contribution is 0.0217. The van der Waals surface area contributed by atoms with Crippen molar-refractivity contribution in [3.8, 4) is 0 Å². The van der Waals surface area contributed by atoms with E-state index in [-0.39, 0.29) is 11.9 Å². The number of carbonyl (C=O) groups excluding carboxylic acids is 1. The Morgan fingerprint density at radius 1 is 1.28 bits per heavy atom. The van der Waals surface area contributed by atoms with Crippen molar-refractivity contribution in [2.24, 2.45) is 5.92 Å². The summed E-state index contributed by atoms with van der Waals surface area (Å²) < 4.78 is 1.23. The Bertz CT molecular complexity index is 756. The molecule has 4 heterocycles. The Morgan fingerprint density at radius 3 is 2.60 bits per heavy atom. The van der Waals surface area contributed by atoms with Crippen LogP contribution < -0.4 is 5.32 Å². The van der Waals surface area contributed by atoms with E-state index in [1.165, 1.54) is 49.0 Å². The van der Waals surface area contributed by atoms with Crippen LogP contribution in [-0.4, -0.2) is 46.2 Å². The fourth-order valence-corrected chi connectivity index (χ4v) is 5.74. The van der Waals surface area contributed by atoms with Crippen molar-refractivity contribution in [1.82, 2.24) is 20.4 Å². The predicted octanol–water partition coefficient (Wildman–Crippen LogP) is 3.56. The van der Waals surface area contributed by atoms with Crippen molar-refractivity contribution in [2.75, 3.05) is 13.1 Å². The fourth-order valence-electron chi connectivity index (χ4n) is 3.79. The van der Waals surface area contributed by atoms with E-state index in [0.717, 1.165) is 9.24 Å². The quantitative estimate of drug-likeness (QED) is 0.859. The molecule has 1 N–H and O–H groups in total. The molecule has 5 nitrogen and oxygen atoms in total. The van der Waals surface area contributed by atoms with E-state index >= 15 is 0 Å². The first-order chi connectivity index (χ1) is 12.1. The molecule has 1 aromatic carbocycles. The zero-order valence-electron chi connectivity index (χ0n) is 13.8. The van der Waals surface area contributed by atoms with Gasteiger partial charge >= 0.3 is 0 Å². The van der Waals surface area contributed by atoms with Crippen LogP contribution in [0, 0.1) is 5.92 Å². The summed E-state index contributed by atoms with van der Waals surface area (Å²) in [6.07, 6.45) is 2.38. The molecule has 3 fully saturated rings. The van der Waals surface area contributed by atoms with E-state index < -0.39 is 0 Å². The van der Waals surface area contributed by atoms with Crippen molar-refractivity contribution >= 4 is 40.6 Å². The fraction of sp³-hybridized carbons (Fsp3) is 0.471. The molecule has 2 aromatic rings. The third-order valence-corrected chi connectivity index (χ3v) is 7.26. The number of aromatic nitrogens is 2. The number of benzene rings is 1. The van der Waals surface area contributed by atoms with Gasteiger partial charge in [-0.3, -0.25) is 9.69 Å². The van der Waals surface area contributed by atoms with Crippen LogP contribution in [0.2, 0.25) is 4.47 Å². The molecular formula is C17H19ClN4OS2. The second-order valence-electron chi connectivity index (χ2n) is 6.56. The molecular weight excluding hydrogens is 376 g/mol. The summed E-state index contributed by atoms with van der Waals surface area (Å²) in [5.41, 5.74) is 0.697. The number of carbonyl (C=O) groups is 1. The maximum atomic E-state index is 12.6. The second-order valence-corrected chi connectivity index (χ2v) is 9.44. The molecule has 2 unspecified atom stereocenters. The van der Waals surface area contributed by atoms with Crippen molar-refractivity contribution in [3.05, 3.63) is 34.3 Å². The third kappa shape index (κ3) is 3.69. The molecule has 2 bridgehead atoms. The largest absolute Gasteiger partial charge is 0.347 e. The highest BCUT2D eigenvalue weighted by Crippen LogP contribution is 2.33. The maximum absolute atomic E-state index is 12.6. The summed E-state index contributed by atoms with van der Waals surface area (Å²) in [6, 6.07) is 8.29. The maximum Gasteiger partial charge on any atom is 0.251 e. The van der Waals surface area contributed by atoms with E-state index in [9.17, 15) is 4.79 Å². The molecule has 2 atom stereocenters. The number of nitrogens with zero attached hydrogens (tertiary/aromatic N) is 3. The molecule has 3 saturated heterocycles. The van der Waals surface area contributed by atoms with Gasteiger partial charge in [0.25, 0.3) is 5.91 Å². The van der Waals surface area contributed by atoms with Gasteiger partial charge in [0.15, 0.2) is 4.34 Å². The number of halogens is 1. The first-order valence-corrected chi connectivity index (χ1v) is 10.4. The minimum atomic E-state index is 0.0149. The number of nitrogens with one attached hydrogen (secondary N) is 1. The highest BCUT2D eigenvalue weighted by Gasteiger charge is 2.40. The molecule has 3 aliphatic heterocycles. The van der Waals surface area contributed by atoms with E-state index in [1.807, 2.05) is 24.3 Å². The Morgan fingerprint density at radius 2 is 2.00 bits per heavy atom. The lowest BCUT2D eigenvalue weighted by atomic mass is 9.79. The third-order valence-electron chi connectivity index (χ3n) is 5.18. The highest BCUT2D eigenvalue weighted by atomic mass is 35.5. The van der Waals surface area contributed by atoms with Gasteiger partial charge in [0.1, 0.15) is 0 Å². The summed E-state index contributed by atoms with van der Waals surface area (Å²) >= 11 is 8.64. The number of piperidine rings is 3. The molecule has 25 heavy (non-hydrogen) atoms. The molecule has 5 rings (SSSR count). The smallest absolute Gasteiger partial charge is 0.251 e. The van der Waals surface area contributed by atoms with Gasteiger partial charge in [-0.1, -0.05) is 23.1 Å². The van der Waals surface area contributed by atoms with Crippen LogP contribution in [-0.2, 0) is 0 Å². The van der Waals surface area contributed by atoms with Gasteiger partial charge < -0.3 is 5.32 Å². The van der Waals surface area contributed by atoms with Gasteiger partial charge in [0.2, 0.25) is 4.47 Å². The minimum Gasteiger partial charge on any atom is -0.347 e. The second kappa shape index (κ2) is 7.23. The average molecular weight is 395 g/mol. The van der Waals surface area contributed by atoms with E-state index in [1.54, 1.807) is 0 Å². The van der Waals surface area contributed by atoms with Crippen molar-refractivity contribution in [3.63, 3.8) is 0 Å². The molecule has 0 aliphatic carbocycles. The van der Waals surface area contributed by atoms with Crippen molar-refractivity contribution in [2.45, 2.75) is 41.1 Å². The summed E-state index contributed by atoms with van der Waals surface area (Å²) in [6.45, 7) is 4.56. The van der Waals surface area contributed by atoms with Crippen LogP contribution in [0.3, 0.4) is 0 Å². The average Bonchev–Trinajstić information content (AvgIpc) is 3.04. The summed E-state index contributed by atoms with van der Waals surface area (Å²) in [5.74, 6) is 0.627. The lowest BCUT2D eigenvalue weighted by Crippen LogP contribution is -2.62. The number of rotatable bonds is 4. The molecule has 8 heteroatoms. The Labute approximate surface area is 160 Å². The van der Waals surface area contributed by atoms with E-state index in [4.69, 9.17) is 11.6 Å². The lowest BCUT2D eigenvalue weighted by Gasteiger charge is -2.49. The number of amides is 1. The van der Waals surface area contributed by atoms with Gasteiger partial charge in [-0.15, -0.1) is 10.2 Å². The number of hydrogen-bond donors (Lipinski definition) is 1. The monoisotopic (exact) mass is 394 g/mol. The molecule has 3 aliphatic rings. The number of fused-ring (bicyclic) bond motifs is 3. The molecule has 132 valence electrons. The summed E-state index contributed by atoms with van der Waals surface area (Å²) in [4.78, 5) is 16.1. The number of hydrogen-bond acceptors (Lipinski definition) is 6. The Hall–Kier alpha value is -1.15. The first kappa shape index (κ1) is 17.3. The molecule has 1 aromatic heterocycles. The molecule has 0 saturated carbocycles. The van der Waals surface area contributed by atoms with Gasteiger partial charge in [0.05, 0.1) is 0 Å². The zero-order chi connectivity index (χ0) is 17.4. The van der Waals surface area contributed by atoms with Crippen LogP contribution in [0.5, 0.6) is 0 Å². The summed E-state index contributed by atoms with van der Waals surface area (Å²) in [7, 11) is 0. The van der Waals surface area contributed by atoms with Crippen LogP contribution >= 0.6 is 34.7 Å². The van der Waals surface area contributed by atoms with Crippen LogP contribution in [0.4, 0.5) is 0 Å². The minimum absolute atomic E-state index is 0.0149.